The Balaban J connectivity index is 0.000000569. The van der Waals surface area contributed by atoms with Gasteiger partial charge in [-0.1, -0.05) is 12.1 Å². The monoisotopic (exact) mass is 460 g/mol. The van der Waals surface area contributed by atoms with E-state index in [1.54, 1.807) is 17.0 Å². The van der Waals surface area contributed by atoms with Gasteiger partial charge in [0.05, 0.1) is 9.85 Å². The maximum absolute atomic E-state index is 12.5. The van der Waals surface area contributed by atoms with Gasteiger partial charge in [-0.05, 0) is 17.7 Å². The van der Waals surface area contributed by atoms with Crippen LogP contribution in [0, 0.1) is 20.2 Å². The molecule has 1 saturated heterocycles. The molecule has 13 heteroatoms. The van der Waals surface area contributed by atoms with Gasteiger partial charge in [0.25, 0.3) is 17.3 Å². The summed E-state index contributed by atoms with van der Waals surface area (Å²) >= 11 is 0. The first-order valence-electron chi connectivity index (χ1n) is 9.54. The quantitative estimate of drug-likeness (QED) is 0.377. The van der Waals surface area contributed by atoms with Crippen LogP contribution >= 0.6 is 0 Å². The van der Waals surface area contributed by atoms with E-state index < -0.39 is 21.8 Å². The Kier molecular flexibility index (Phi) is 8.51. The van der Waals surface area contributed by atoms with Crippen LogP contribution in [0.2, 0.25) is 0 Å². The standard InChI is InChI=1S/C18H18N4O5.C2H2O4/c23-18(15-3-7-17(8-4-15)22(26)27)20-11-9-19(10-12-20)13-14-1-5-16(6-2-14)21(24)25;3-1(4)2(5)6/h1-8H,9-13H2;(H,3,4)(H,5,6). The molecule has 0 aromatic heterocycles. The highest BCUT2D eigenvalue weighted by molar-refractivity contribution is 6.27. The summed E-state index contributed by atoms with van der Waals surface area (Å²) in [6, 6.07) is 12.1. The Bertz CT molecular complexity index is 1020. The van der Waals surface area contributed by atoms with E-state index in [-0.39, 0.29) is 17.3 Å². The molecule has 2 aromatic carbocycles. The lowest BCUT2D eigenvalue weighted by Gasteiger charge is -2.34. The number of piperazine rings is 1. The van der Waals surface area contributed by atoms with Crippen LogP contribution < -0.4 is 0 Å². The van der Waals surface area contributed by atoms with Crippen molar-refractivity contribution >= 4 is 29.2 Å². The van der Waals surface area contributed by atoms with Crippen LogP contribution in [0.5, 0.6) is 0 Å². The summed E-state index contributed by atoms with van der Waals surface area (Å²) in [5.74, 6) is -3.79. The molecule has 0 aliphatic carbocycles. The second-order valence-corrected chi connectivity index (χ2v) is 6.91. The molecule has 1 amide bonds. The van der Waals surface area contributed by atoms with E-state index in [2.05, 4.69) is 4.90 Å². The predicted molar refractivity (Wildman–Crippen MR) is 113 cm³/mol. The molecule has 0 unspecified atom stereocenters. The first-order chi connectivity index (χ1) is 15.6. The molecule has 13 nitrogen and oxygen atoms in total. The summed E-state index contributed by atoms with van der Waals surface area (Å²) in [7, 11) is 0. The number of rotatable bonds is 5. The fraction of sp³-hybridized carbons (Fsp3) is 0.250. The number of carboxylic acid groups (broad SMARTS) is 2. The normalized spacial score (nSPS) is 13.4. The summed E-state index contributed by atoms with van der Waals surface area (Å²) in [6.45, 7) is 3.16. The minimum absolute atomic E-state index is 0.0422. The molecule has 1 aliphatic heterocycles. The molecule has 2 aromatic rings. The Morgan fingerprint density at radius 3 is 1.58 bits per heavy atom. The van der Waals surface area contributed by atoms with Crippen LogP contribution in [0.1, 0.15) is 15.9 Å². The number of nitrogens with zero attached hydrogens (tertiary/aromatic N) is 4. The van der Waals surface area contributed by atoms with Gasteiger partial charge in [0.15, 0.2) is 0 Å². The molecular weight excluding hydrogens is 440 g/mol. The maximum atomic E-state index is 12.5. The summed E-state index contributed by atoms with van der Waals surface area (Å²) in [6.07, 6.45) is 0. The molecule has 0 spiro atoms. The van der Waals surface area contributed by atoms with E-state index in [9.17, 15) is 25.0 Å². The second kappa shape index (κ2) is 11.3. The number of aliphatic carboxylic acids is 2. The lowest BCUT2D eigenvalue weighted by molar-refractivity contribution is -0.385. The van der Waals surface area contributed by atoms with Crippen molar-refractivity contribution in [3.8, 4) is 0 Å². The van der Waals surface area contributed by atoms with E-state index in [4.69, 9.17) is 19.8 Å². The SMILES string of the molecule is O=C(O)C(=O)O.O=C(c1ccc([N+](=O)[O-])cc1)N1CCN(Cc2ccc([N+](=O)[O-])cc2)CC1. The van der Waals surface area contributed by atoms with Gasteiger partial charge in [-0.3, -0.25) is 29.9 Å². The molecule has 3 rings (SSSR count). The van der Waals surface area contributed by atoms with Crippen LogP contribution in [-0.2, 0) is 16.1 Å². The number of hydrogen-bond donors (Lipinski definition) is 2. The molecule has 2 N–H and O–H groups in total. The molecule has 0 bridgehead atoms. The molecular formula is C20H20N4O9. The highest BCUT2D eigenvalue weighted by Crippen LogP contribution is 2.17. The first-order valence-corrected chi connectivity index (χ1v) is 9.54. The largest absolute Gasteiger partial charge is 0.473 e. The van der Waals surface area contributed by atoms with Gasteiger partial charge in [0, 0.05) is 62.6 Å². The van der Waals surface area contributed by atoms with Crippen molar-refractivity contribution in [3.63, 3.8) is 0 Å². The Labute approximate surface area is 186 Å². The van der Waals surface area contributed by atoms with Crippen LogP contribution in [0.15, 0.2) is 48.5 Å². The molecule has 0 saturated carbocycles. The minimum atomic E-state index is -1.82. The Morgan fingerprint density at radius 2 is 1.18 bits per heavy atom. The summed E-state index contributed by atoms with van der Waals surface area (Å²) in [4.78, 5) is 55.1. The van der Waals surface area contributed by atoms with E-state index in [0.717, 1.165) is 5.56 Å². The predicted octanol–water partition coefficient (Wildman–Crippen LogP) is 1.62. The molecule has 1 aliphatic rings. The zero-order valence-corrected chi connectivity index (χ0v) is 17.2. The third-order valence-electron chi connectivity index (χ3n) is 4.72. The zero-order valence-electron chi connectivity index (χ0n) is 17.2. The smallest absolute Gasteiger partial charge is 0.414 e. The summed E-state index contributed by atoms with van der Waals surface area (Å²) < 4.78 is 0. The van der Waals surface area contributed by atoms with Crippen LogP contribution in [0.3, 0.4) is 0 Å². The van der Waals surface area contributed by atoms with Crippen LogP contribution in [0.4, 0.5) is 11.4 Å². The average molecular weight is 460 g/mol. The van der Waals surface area contributed by atoms with Crippen molar-refractivity contribution in [1.29, 1.82) is 0 Å². The van der Waals surface area contributed by atoms with E-state index in [1.807, 2.05) is 0 Å². The lowest BCUT2D eigenvalue weighted by Crippen LogP contribution is -2.48. The van der Waals surface area contributed by atoms with Gasteiger partial charge in [-0.2, -0.15) is 0 Å². The van der Waals surface area contributed by atoms with Crippen molar-refractivity contribution in [2.24, 2.45) is 0 Å². The van der Waals surface area contributed by atoms with E-state index in [0.29, 0.717) is 38.3 Å². The van der Waals surface area contributed by atoms with Gasteiger partial charge in [0.1, 0.15) is 0 Å². The summed E-state index contributed by atoms with van der Waals surface area (Å²) in [5, 5.41) is 36.2. The number of nitro benzene ring substituents is 2. The van der Waals surface area contributed by atoms with Crippen molar-refractivity contribution in [3.05, 3.63) is 79.9 Å². The number of benzene rings is 2. The zero-order chi connectivity index (χ0) is 24.5. The third-order valence-corrected chi connectivity index (χ3v) is 4.72. The van der Waals surface area contributed by atoms with Crippen LogP contribution in [0.25, 0.3) is 0 Å². The van der Waals surface area contributed by atoms with Crippen LogP contribution in [-0.4, -0.2) is 73.9 Å². The van der Waals surface area contributed by atoms with E-state index >= 15 is 0 Å². The van der Waals surface area contributed by atoms with Gasteiger partial charge < -0.3 is 15.1 Å². The fourth-order valence-electron chi connectivity index (χ4n) is 3.00. The number of hydrogen-bond acceptors (Lipinski definition) is 8. The second-order valence-electron chi connectivity index (χ2n) is 6.91. The van der Waals surface area contributed by atoms with Gasteiger partial charge in [-0.25, -0.2) is 9.59 Å². The topological polar surface area (TPSA) is 184 Å². The lowest BCUT2D eigenvalue weighted by atomic mass is 10.1. The number of nitro groups is 2. The van der Waals surface area contributed by atoms with Crippen molar-refractivity contribution in [2.75, 3.05) is 26.2 Å². The number of carboxylic acids is 2. The number of amides is 1. The fourth-order valence-corrected chi connectivity index (χ4v) is 3.00. The third kappa shape index (κ3) is 7.36. The molecule has 1 fully saturated rings. The summed E-state index contributed by atoms with van der Waals surface area (Å²) in [5.41, 5.74) is 1.44. The van der Waals surface area contributed by atoms with Crippen molar-refractivity contribution < 1.29 is 34.4 Å². The average Bonchev–Trinajstić information content (AvgIpc) is 2.80. The Hall–Kier alpha value is -4.39. The van der Waals surface area contributed by atoms with Crippen molar-refractivity contribution in [2.45, 2.75) is 6.54 Å². The molecule has 174 valence electrons. The molecule has 0 radical (unpaired) electrons. The molecule has 0 atom stereocenters. The highest BCUT2D eigenvalue weighted by atomic mass is 16.6. The number of carbonyl (C=O) groups is 3. The Morgan fingerprint density at radius 1 is 0.758 bits per heavy atom. The highest BCUT2D eigenvalue weighted by Gasteiger charge is 2.22. The van der Waals surface area contributed by atoms with E-state index in [1.165, 1.54) is 36.4 Å². The number of non-ortho nitro benzene ring substituents is 2. The minimum Gasteiger partial charge on any atom is -0.473 e. The van der Waals surface area contributed by atoms with Gasteiger partial charge in [-0.15, -0.1) is 0 Å². The number of carbonyl (C=O) groups excluding carboxylic acids is 1. The van der Waals surface area contributed by atoms with Gasteiger partial charge in [0.2, 0.25) is 0 Å². The van der Waals surface area contributed by atoms with Crippen molar-refractivity contribution in [1.82, 2.24) is 9.80 Å². The molecule has 33 heavy (non-hydrogen) atoms. The van der Waals surface area contributed by atoms with Gasteiger partial charge >= 0.3 is 11.9 Å². The molecule has 1 heterocycles. The maximum Gasteiger partial charge on any atom is 0.414 e. The first kappa shape index (κ1) is 24.9.